The SMILES string of the molecule is Cc1cc(=O)c2c(O)cc3c(c2o1)CC1CCCC1C3. The zero-order valence-corrected chi connectivity index (χ0v) is 11.6. The molecule has 0 radical (unpaired) electrons. The highest BCUT2D eigenvalue weighted by Gasteiger charge is 2.34. The number of rotatable bonds is 0. The third-order valence-corrected chi connectivity index (χ3v) is 5.06. The molecule has 2 aromatic rings. The highest BCUT2D eigenvalue weighted by molar-refractivity contribution is 5.87. The Balaban J connectivity index is 2.02. The van der Waals surface area contributed by atoms with Gasteiger partial charge >= 0.3 is 0 Å². The molecule has 2 unspecified atom stereocenters. The Kier molecular flexibility index (Phi) is 2.47. The summed E-state index contributed by atoms with van der Waals surface area (Å²) in [6.07, 6.45) is 5.88. The molecule has 1 fully saturated rings. The van der Waals surface area contributed by atoms with Crippen molar-refractivity contribution in [1.29, 1.82) is 0 Å². The number of fused-ring (bicyclic) bond motifs is 4. The predicted octanol–water partition coefficient (Wildman–Crippen LogP) is 3.32. The number of phenolic OH excluding ortho intramolecular Hbond substituents is 1. The molecule has 2 aliphatic rings. The molecule has 0 saturated heterocycles. The molecule has 2 aliphatic carbocycles. The van der Waals surface area contributed by atoms with E-state index in [2.05, 4.69) is 0 Å². The average molecular weight is 270 g/mol. The summed E-state index contributed by atoms with van der Waals surface area (Å²) in [6, 6.07) is 3.24. The van der Waals surface area contributed by atoms with Crippen LogP contribution in [0.1, 0.15) is 36.1 Å². The Morgan fingerprint density at radius 2 is 1.95 bits per heavy atom. The van der Waals surface area contributed by atoms with Crippen molar-refractivity contribution in [3.05, 3.63) is 39.2 Å². The molecule has 0 aliphatic heterocycles. The molecule has 1 saturated carbocycles. The maximum absolute atomic E-state index is 12.1. The van der Waals surface area contributed by atoms with Gasteiger partial charge in [-0.25, -0.2) is 0 Å². The number of hydrogen-bond donors (Lipinski definition) is 1. The second kappa shape index (κ2) is 4.11. The lowest BCUT2D eigenvalue weighted by atomic mass is 9.77. The summed E-state index contributed by atoms with van der Waals surface area (Å²) in [5, 5.41) is 10.5. The monoisotopic (exact) mass is 270 g/mol. The maximum atomic E-state index is 12.1. The minimum atomic E-state index is -0.141. The average Bonchev–Trinajstić information content (AvgIpc) is 2.82. The first-order valence-corrected chi connectivity index (χ1v) is 7.41. The fraction of sp³-hybridized carbons (Fsp3) is 0.471. The van der Waals surface area contributed by atoms with E-state index in [0.717, 1.165) is 30.2 Å². The molecule has 1 aromatic carbocycles. The Morgan fingerprint density at radius 3 is 2.75 bits per heavy atom. The number of aromatic hydroxyl groups is 1. The van der Waals surface area contributed by atoms with E-state index in [9.17, 15) is 9.90 Å². The number of hydrogen-bond acceptors (Lipinski definition) is 3. The van der Waals surface area contributed by atoms with Gasteiger partial charge < -0.3 is 9.52 Å². The molecule has 3 nitrogen and oxygen atoms in total. The van der Waals surface area contributed by atoms with Gasteiger partial charge in [-0.05, 0) is 61.6 Å². The molecule has 1 N–H and O–H groups in total. The van der Waals surface area contributed by atoms with Crippen molar-refractivity contribution < 1.29 is 9.52 Å². The van der Waals surface area contributed by atoms with E-state index in [4.69, 9.17) is 4.42 Å². The normalized spacial score (nSPS) is 24.6. The van der Waals surface area contributed by atoms with Gasteiger partial charge in [0.1, 0.15) is 22.5 Å². The predicted molar refractivity (Wildman–Crippen MR) is 77.1 cm³/mol. The van der Waals surface area contributed by atoms with Crippen molar-refractivity contribution >= 4 is 11.0 Å². The van der Waals surface area contributed by atoms with Crippen LogP contribution < -0.4 is 5.43 Å². The van der Waals surface area contributed by atoms with Crippen molar-refractivity contribution in [3.63, 3.8) is 0 Å². The summed E-state index contributed by atoms with van der Waals surface area (Å²) in [6.45, 7) is 1.79. The lowest BCUT2D eigenvalue weighted by Gasteiger charge is -2.28. The van der Waals surface area contributed by atoms with Gasteiger partial charge in [0.2, 0.25) is 0 Å². The van der Waals surface area contributed by atoms with Gasteiger partial charge in [-0.1, -0.05) is 6.42 Å². The van der Waals surface area contributed by atoms with Crippen molar-refractivity contribution in [2.75, 3.05) is 0 Å². The molecule has 20 heavy (non-hydrogen) atoms. The highest BCUT2D eigenvalue weighted by atomic mass is 16.3. The van der Waals surface area contributed by atoms with E-state index in [1.165, 1.54) is 30.9 Å². The summed E-state index contributed by atoms with van der Waals surface area (Å²) in [7, 11) is 0. The largest absolute Gasteiger partial charge is 0.507 e. The topological polar surface area (TPSA) is 50.4 Å². The van der Waals surface area contributed by atoms with Crippen molar-refractivity contribution in [1.82, 2.24) is 0 Å². The fourth-order valence-electron chi connectivity index (χ4n) is 4.14. The van der Waals surface area contributed by atoms with Gasteiger partial charge in [0.25, 0.3) is 0 Å². The lowest BCUT2D eigenvalue weighted by molar-refractivity contribution is 0.358. The van der Waals surface area contributed by atoms with Crippen LogP contribution in [0.5, 0.6) is 5.75 Å². The number of benzene rings is 1. The van der Waals surface area contributed by atoms with Gasteiger partial charge in [-0.3, -0.25) is 4.79 Å². The molecule has 2 atom stereocenters. The molecule has 3 heteroatoms. The van der Waals surface area contributed by atoms with Crippen molar-refractivity contribution in [2.45, 2.75) is 39.0 Å². The maximum Gasteiger partial charge on any atom is 0.196 e. The van der Waals surface area contributed by atoms with Crippen LogP contribution in [0.25, 0.3) is 11.0 Å². The van der Waals surface area contributed by atoms with Crippen LogP contribution in [0.15, 0.2) is 21.3 Å². The molecule has 104 valence electrons. The minimum Gasteiger partial charge on any atom is -0.507 e. The summed E-state index contributed by atoms with van der Waals surface area (Å²) < 4.78 is 5.81. The van der Waals surface area contributed by atoms with E-state index in [1.807, 2.05) is 0 Å². The molecule has 0 bridgehead atoms. The van der Waals surface area contributed by atoms with Crippen LogP contribution in [0.4, 0.5) is 0 Å². The minimum absolute atomic E-state index is 0.0731. The third kappa shape index (κ3) is 1.62. The van der Waals surface area contributed by atoms with Crippen LogP contribution in [-0.4, -0.2) is 5.11 Å². The van der Waals surface area contributed by atoms with Gasteiger partial charge in [-0.15, -0.1) is 0 Å². The van der Waals surface area contributed by atoms with Gasteiger partial charge in [0.15, 0.2) is 5.43 Å². The smallest absolute Gasteiger partial charge is 0.196 e. The molecular formula is C17H18O3. The van der Waals surface area contributed by atoms with Crippen molar-refractivity contribution in [3.8, 4) is 5.75 Å². The molecule has 0 spiro atoms. The first-order valence-electron chi connectivity index (χ1n) is 7.41. The number of phenols is 1. The lowest BCUT2D eigenvalue weighted by Crippen LogP contribution is -2.21. The quantitative estimate of drug-likeness (QED) is 0.799. The molecular weight excluding hydrogens is 252 g/mol. The van der Waals surface area contributed by atoms with E-state index >= 15 is 0 Å². The van der Waals surface area contributed by atoms with E-state index < -0.39 is 0 Å². The van der Waals surface area contributed by atoms with Gasteiger partial charge in [0, 0.05) is 6.07 Å². The summed E-state index contributed by atoms with van der Waals surface area (Å²) in [4.78, 5) is 12.1. The molecule has 1 aromatic heterocycles. The van der Waals surface area contributed by atoms with Gasteiger partial charge in [0.05, 0.1) is 0 Å². The fourth-order valence-corrected chi connectivity index (χ4v) is 4.14. The molecule has 4 rings (SSSR count). The standard InChI is InChI=1S/C17H18O3/c1-9-5-14(18)16-15(19)8-12-6-10-3-2-4-11(10)7-13(12)17(16)20-9/h5,8,10-11,19H,2-4,6-7H2,1H3. The summed E-state index contributed by atoms with van der Waals surface area (Å²) in [5.41, 5.74) is 2.81. The first kappa shape index (κ1) is 12.0. The van der Waals surface area contributed by atoms with Crippen LogP contribution >= 0.6 is 0 Å². The second-order valence-electron chi connectivity index (χ2n) is 6.32. The van der Waals surface area contributed by atoms with Crippen LogP contribution in [-0.2, 0) is 12.8 Å². The van der Waals surface area contributed by atoms with Crippen LogP contribution in [0.3, 0.4) is 0 Å². The summed E-state index contributed by atoms with van der Waals surface area (Å²) >= 11 is 0. The Bertz CT molecular complexity index is 757. The summed E-state index contributed by atoms with van der Waals surface area (Å²) in [5.74, 6) is 2.16. The van der Waals surface area contributed by atoms with Gasteiger partial charge in [-0.2, -0.15) is 0 Å². The zero-order chi connectivity index (χ0) is 13.9. The zero-order valence-electron chi connectivity index (χ0n) is 11.6. The van der Waals surface area contributed by atoms with E-state index in [0.29, 0.717) is 16.7 Å². The Labute approximate surface area is 117 Å². The highest BCUT2D eigenvalue weighted by Crippen LogP contribution is 2.44. The molecule has 1 heterocycles. The van der Waals surface area contributed by atoms with Crippen LogP contribution in [0, 0.1) is 18.8 Å². The Hall–Kier alpha value is -1.77. The number of aryl methyl sites for hydroxylation is 1. The Morgan fingerprint density at radius 1 is 1.20 bits per heavy atom. The van der Waals surface area contributed by atoms with E-state index in [1.54, 1.807) is 13.0 Å². The van der Waals surface area contributed by atoms with E-state index in [-0.39, 0.29) is 11.2 Å². The first-order chi connectivity index (χ1) is 9.63. The second-order valence-corrected chi connectivity index (χ2v) is 6.32. The van der Waals surface area contributed by atoms with Crippen molar-refractivity contribution in [2.24, 2.45) is 11.8 Å². The third-order valence-electron chi connectivity index (χ3n) is 5.06. The van der Waals surface area contributed by atoms with Crippen LogP contribution in [0.2, 0.25) is 0 Å². The molecule has 0 amide bonds.